The molecule has 4 heteroatoms. The summed E-state index contributed by atoms with van der Waals surface area (Å²) in [7, 11) is 0. The number of aliphatic hydroxyl groups excluding tert-OH is 1. The molecule has 4 nitrogen and oxygen atoms in total. The van der Waals surface area contributed by atoms with Crippen molar-refractivity contribution in [2.24, 2.45) is 5.92 Å². The van der Waals surface area contributed by atoms with Crippen LogP contribution in [0.1, 0.15) is 35.5 Å². The zero-order valence-corrected chi connectivity index (χ0v) is 12.4. The Kier molecular flexibility index (Phi) is 4.14. The number of hydrogen-bond donors (Lipinski definition) is 3. The number of nitrogens with one attached hydrogen (secondary N) is 2. The van der Waals surface area contributed by atoms with Gasteiger partial charge in [-0.2, -0.15) is 0 Å². The van der Waals surface area contributed by atoms with E-state index in [-0.39, 0.29) is 24.5 Å². The van der Waals surface area contributed by atoms with Crippen LogP contribution in [0, 0.1) is 19.8 Å². The molecule has 2 aromatic rings. The monoisotopic (exact) mass is 274 g/mol. The Morgan fingerprint density at radius 1 is 1.35 bits per heavy atom. The zero-order chi connectivity index (χ0) is 14.9. The molecule has 0 radical (unpaired) electrons. The highest BCUT2D eigenvalue weighted by Crippen LogP contribution is 2.22. The lowest BCUT2D eigenvalue weighted by atomic mass is 10.0. The van der Waals surface area contributed by atoms with Crippen molar-refractivity contribution in [2.75, 3.05) is 6.61 Å². The van der Waals surface area contributed by atoms with Crippen LogP contribution < -0.4 is 5.32 Å². The number of fused-ring (bicyclic) bond motifs is 1. The van der Waals surface area contributed by atoms with Crippen molar-refractivity contribution in [2.45, 2.75) is 33.7 Å². The standard InChI is InChI=1S/C16H22N2O2/c1-9(8-19)11(3)18-16(20)13-5-6-15-14(7-13)10(2)12(4)17-15/h5-7,9,11,17,19H,8H2,1-4H3,(H,18,20). The number of rotatable bonds is 4. The predicted molar refractivity (Wildman–Crippen MR) is 81.0 cm³/mol. The van der Waals surface area contributed by atoms with Crippen molar-refractivity contribution in [3.63, 3.8) is 0 Å². The minimum absolute atomic E-state index is 0.0407. The van der Waals surface area contributed by atoms with Crippen LogP contribution in [0.2, 0.25) is 0 Å². The third-order valence-corrected chi connectivity index (χ3v) is 4.07. The van der Waals surface area contributed by atoms with Gasteiger partial charge in [-0.3, -0.25) is 4.79 Å². The van der Waals surface area contributed by atoms with Gasteiger partial charge in [0.05, 0.1) is 0 Å². The maximum atomic E-state index is 12.2. The summed E-state index contributed by atoms with van der Waals surface area (Å²) in [5.41, 5.74) is 4.00. The number of carbonyl (C=O) groups excluding carboxylic acids is 1. The average molecular weight is 274 g/mol. The summed E-state index contributed by atoms with van der Waals surface area (Å²) in [4.78, 5) is 15.5. The first-order valence-corrected chi connectivity index (χ1v) is 6.94. The summed E-state index contributed by atoms with van der Waals surface area (Å²) < 4.78 is 0. The number of aromatic nitrogens is 1. The summed E-state index contributed by atoms with van der Waals surface area (Å²) in [5.74, 6) is -0.0585. The Balaban J connectivity index is 2.24. The maximum Gasteiger partial charge on any atom is 0.251 e. The van der Waals surface area contributed by atoms with Gasteiger partial charge in [0.1, 0.15) is 0 Å². The van der Waals surface area contributed by atoms with Crippen LogP contribution in [0.25, 0.3) is 10.9 Å². The number of aromatic amines is 1. The van der Waals surface area contributed by atoms with E-state index < -0.39 is 0 Å². The highest BCUT2D eigenvalue weighted by Gasteiger charge is 2.16. The van der Waals surface area contributed by atoms with Crippen molar-refractivity contribution in [1.29, 1.82) is 0 Å². The van der Waals surface area contributed by atoms with E-state index in [4.69, 9.17) is 5.11 Å². The van der Waals surface area contributed by atoms with Gasteiger partial charge >= 0.3 is 0 Å². The lowest BCUT2D eigenvalue weighted by molar-refractivity contribution is 0.0916. The van der Waals surface area contributed by atoms with Crippen LogP contribution in [0.5, 0.6) is 0 Å². The molecule has 0 saturated heterocycles. The van der Waals surface area contributed by atoms with Gasteiger partial charge in [-0.05, 0) is 50.5 Å². The quantitative estimate of drug-likeness (QED) is 0.802. The van der Waals surface area contributed by atoms with Gasteiger partial charge in [-0.25, -0.2) is 0 Å². The van der Waals surface area contributed by atoms with Gasteiger partial charge in [0.15, 0.2) is 0 Å². The van der Waals surface area contributed by atoms with E-state index in [2.05, 4.69) is 10.3 Å². The molecule has 3 N–H and O–H groups in total. The molecule has 0 aliphatic rings. The molecular formula is C16H22N2O2. The third kappa shape index (κ3) is 2.70. The van der Waals surface area contributed by atoms with Crippen molar-refractivity contribution >= 4 is 16.8 Å². The number of aliphatic hydroxyl groups is 1. The van der Waals surface area contributed by atoms with Crippen molar-refractivity contribution in [1.82, 2.24) is 10.3 Å². The van der Waals surface area contributed by atoms with E-state index in [1.54, 1.807) is 0 Å². The molecule has 1 aromatic carbocycles. The molecule has 2 rings (SSSR count). The Labute approximate surface area is 119 Å². The third-order valence-electron chi connectivity index (χ3n) is 4.07. The minimum atomic E-state index is -0.0991. The van der Waals surface area contributed by atoms with Crippen LogP contribution in [0.15, 0.2) is 18.2 Å². The number of amides is 1. The van der Waals surface area contributed by atoms with Crippen LogP contribution in [-0.2, 0) is 0 Å². The molecule has 0 spiro atoms. The summed E-state index contributed by atoms with van der Waals surface area (Å²) in [6.07, 6.45) is 0. The van der Waals surface area contributed by atoms with Gasteiger partial charge in [0, 0.05) is 34.8 Å². The molecule has 0 bridgehead atoms. The first-order valence-electron chi connectivity index (χ1n) is 6.94. The summed E-state index contributed by atoms with van der Waals surface area (Å²) in [6.45, 7) is 7.96. The Bertz CT molecular complexity index is 631. The van der Waals surface area contributed by atoms with Crippen molar-refractivity contribution in [3.05, 3.63) is 35.0 Å². The molecule has 0 aliphatic carbocycles. The second kappa shape index (κ2) is 5.67. The first-order chi connectivity index (χ1) is 9.43. The largest absolute Gasteiger partial charge is 0.396 e. The number of carbonyl (C=O) groups is 1. The lowest BCUT2D eigenvalue weighted by Crippen LogP contribution is -2.38. The normalized spacial score (nSPS) is 14.2. The van der Waals surface area contributed by atoms with Crippen LogP contribution >= 0.6 is 0 Å². The molecule has 2 unspecified atom stereocenters. The molecule has 0 fully saturated rings. The molecule has 1 amide bonds. The molecule has 1 heterocycles. The van der Waals surface area contributed by atoms with Crippen LogP contribution in [-0.4, -0.2) is 28.6 Å². The number of benzene rings is 1. The smallest absolute Gasteiger partial charge is 0.251 e. The lowest BCUT2D eigenvalue weighted by Gasteiger charge is -2.19. The number of aryl methyl sites for hydroxylation is 2. The van der Waals surface area contributed by atoms with Crippen LogP contribution in [0.3, 0.4) is 0 Å². The topological polar surface area (TPSA) is 65.1 Å². The highest BCUT2D eigenvalue weighted by atomic mass is 16.3. The van der Waals surface area contributed by atoms with Gasteiger partial charge < -0.3 is 15.4 Å². The predicted octanol–water partition coefficient (Wildman–Crippen LogP) is 2.53. The maximum absolute atomic E-state index is 12.2. The van der Waals surface area contributed by atoms with E-state index in [0.717, 1.165) is 16.6 Å². The second-order valence-electron chi connectivity index (χ2n) is 5.56. The summed E-state index contributed by atoms with van der Waals surface area (Å²) in [5, 5.41) is 13.1. The van der Waals surface area contributed by atoms with Crippen molar-refractivity contribution < 1.29 is 9.90 Å². The summed E-state index contributed by atoms with van der Waals surface area (Å²) >= 11 is 0. The van der Waals surface area contributed by atoms with Gasteiger partial charge in [-0.15, -0.1) is 0 Å². The molecular weight excluding hydrogens is 252 g/mol. The van der Waals surface area contributed by atoms with E-state index >= 15 is 0 Å². The molecule has 0 aliphatic heterocycles. The fourth-order valence-electron chi connectivity index (χ4n) is 2.19. The molecule has 2 atom stereocenters. The number of hydrogen-bond acceptors (Lipinski definition) is 2. The SMILES string of the molecule is Cc1[nH]c2ccc(C(=O)NC(C)C(C)CO)cc2c1C. The Morgan fingerprint density at radius 3 is 2.70 bits per heavy atom. The van der Waals surface area contributed by atoms with E-state index in [9.17, 15) is 4.79 Å². The van der Waals surface area contributed by atoms with Gasteiger partial charge in [0.25, 0.3) is 5.91 Å². The summed E-state index contributed by atoms with van der Waals surface area (Å²) in [6, 6.07) is 5.62. The van der Waals surface area contributed by atoms with E-state index in [1.165, 1.54) is 5.56 Å². The first kappa shape index (κ1) is 14.6. The van der Waals surface area contributed by atoms with E-state index in [1.807, 2.05) is 45.9 Å². The zero-order valence-electron chi connectivity index (χ0n) is 12.4. The second-order valence-corrected chi connectivity index (χ2v) is 5.56. The number of H-pyrrole nitrogens is 1. The average Bonchev–Trinajstić information content (AvgIpc) is 2.72. The fraction of sp³-hybridized carbons (Fsp3) is 0.438. The van der Waals surface area contributed by atoms with Crippen LogP contribution in [0.4, 0.5) is 0 Å². The molecule has 0 saturated carbocycles. The molecule has 1 aromatic heterocycles. The van der Waals surface area contributed by atoms with Gasteiger partial charge in [-0.1, -0.05) is 6.92 Å². The fourth-order valence-corrected chi connectivity index (χ4v) is 2.19. The highest BCUT2D eigenvalue weighted by molar-refractivity contribution is 5.99. The van der Waals surface area contributed by atoms with E-state index in [0.29, 0.717) is 5.56 Å². The Hall–Kier alpha value is -1.81. The van der Waals surface area contributed by atoms with Crippen molar-refractivity contribution in [3.8, 4) is 0 Å². The Morgan fingerprint density at radius 2 is 2.05 bits per heavy atom. The molecule has 20 heavy (non-hydrogen) atoms. The molecule has 108 valence electrons. The van der Waals surface area contributed by atoms with Gasteiger partial charge in [0.2, 0.25) is 0 Å². The minimum Gasteiger partial charge on any atom is -0.396 e.